The fourth-order valence-electron chi connectivity index (χ4n) is 3.46. The number of H-pyrrole nitrogens is 1. The fraction of sp³-hybridized carbons (Fsp3) is 0.750. The lowest BCUT2D eigenvalue weighted by Gasteiger charge is -2.38. The molecule has 0 aromatic carbocycles. The van der Waals surface area contributed by atoms with Crippen LogP contribution in [-0.2, 0) is 22.3 Å². The number of rotatable bonds is 3. The molecule has 1 saturated heterocycles. The summed E-state index contributed by atoms with van der Waals surface area (Å²) in [5, 5.41) is 17.6. The van der Waals surface area contributed by atoms with Crippen LogP contribution in [-0.4, -0.2) is 71.7 Å². The van der Waals surface area contributed by atoms with Gasteiger partial charge in [-0.2, -0.15) is 5.10 Å². The van der Waals surface area contributed by atoms with Gasteiger partial charge in [-0.3, -0.25) is 9.89 Å². The van der Waals surface area contributed by atoms with Crippen LogP contribution >= 0.6 is 0 Å². The predicted octanol–water partition coefficient (Wildman–Crippen LogP) is 0.381. The summed E-state index contributed by atoms with van der Waals surface area (Å²) in [5.74, 6) is 0.374. The van der Waals surface area contributed by atoms with Crippen LogP contribution < -0.4 is 0 Å². The Hall–Kier alpha value is -1.44. The van der Waals surface area contributed by atoms with Crippen molar-refractivity contribution in [1.29, 1.82) is 0 Å². The molecular weight excluding hydrogens is 298 g/mol. The van der Waals surface area contributed by atoms with Crippen molar-refractivity contribution in [2.24, 2.45) is 5.92 Å². The third-order valence-corrected chi connectivity index (χ3v) is 5.06. The van der Waals surface area contributed by atoms with E-state index in [1.165, 1.54) is 12.0 Å². The molecule has 0 unspecified atom stereocenters. The van der Waals surface area contributed by atoms with Crippen molar-refractivity contribution in [2.75, 3.05) is 27.4 Å². The van der Waals surface area contributed by atoms with Gasteiger partial charge in [-0.05, 0) is 25.2 Å². The van der Waals surface area contributed by atoms with Crippen LogP contribution in [0, 0.1) is 5.92 Å². The minimum Gasteiger partial charge on any atom is -0.388 e. The lowest BCUT2D eigenvalue weighted by molar-refractivity contribution is -0.135. The van der Waals surface area contributed by atoms with Gasteiger partial charge in [0.1, 0.15) is 12.2 Å². The number of aromatic amines is 1. The second kappa shape index (κ2) is 6.59. The lowest BCUT2D eigenvalue weighted by Crippen LogP contribution is -2.56. The second-order valence-corrected chi connectivity index (χ2v) is 6.66. The summed E-state index contributed by atoms with van der Waals surface area (Å²) in [6.45, 7) is 2.83. The third-order valence-electron chi connectivity index (χ3n) is 5.06. The average molecular weight is 323 g/mol. The van der Waals surface area contributed by atoms with E-state index in [1.54, 1.807) is 7.05 Å². The number of aromatic nitrogens is 2. The molecule has 1 aliphatic heterocycles. The number of amides is 1. The molecule has 2 N–H and O–H groups in total. The van der Waals surface area contributed by atoms with Crippen LogP contribution in [0.4, 0.5) is 0 Å². The molecule has 128 valence electrons. The van der Waals surface area contributed by atoms with E-state index in [0.717, 1.165) is 30.5 Å². The summed E-state index contributed by atoms with van der Waals surface area (Å²) >= 11 is 0. The van der Waals surface area contributed by atoms with Gasteiger partial charge in [0.05, 0.1) is 19.3 Å². The number of carbonyl (C=O) groups excluding carboxylic acids is 1. The summed E-state index contributed by atoms with van der Waals surface area (Å²) in [4.78, 5) is 14.4. The number of aliphatic hydroxyl groups is 1. The molecule has 0 spiro atoms. The summed E-state index contributed by atoms with van der Waals surface area (Å²) < 4.78 is 10.7. The minimum absolute atomic E-state index is 0.180. The van der Waals surface area contributed by atoms with E-state index in [0.29, 0.717) is 24.8 Å². The first kappa shape index (κ1) is 16.4. The van der Waals surface area contributed by atoms with E-state index in [2.05, 4.69) is 17.1 Å². The van der Waals surface area contributed by atoms with Crippen molar-refractivity contribution < 1.29 is 19.4 Å². The minimum atomic E-state index is -0.767. The number of ether oxygens (including phenoxy) is 2. The number of hydrogen-bond acceptors (Lipinski definition) is 5. The Labute approximate surface area is 136 Å². The molecule has 7 nitrogen and oxygen atoms in total. The third kappa shape index (κ3) is 3.00. The molecule has 4 atom stereocenters. The standard InChI is InChI=1S/C16H25N3O4/c1-9-4-5-11-10(6-9)14(18-17-11)16(21)19(2)12-7-23-8-13(22-3)15(12)20/h9,12-13,15,20H,4-8H2,1-3H3,(H,17,18)/t9-,12-,13-,15+/m1/s1. The number of carbonyl (C=O) groups is 1. The topological polar surface area (TPSA) is 87.7 Å². The Bertz CT molecular complexity index is 574. The number of aliphatic hydroxyl groups excluding tert-OH is 1. The summed E-state index contributed by atoms with van der Waals surface area (Å²) in [6, 6.07) is -0.436. The Kier molecular flexibility index (Phi) is 4.70. The quantitative estimate of drug-likeness (QED) is 0.840. The maximum absolute atomic E-state index is 12.9. The molecule has 1 amide bonds. The highest BCUT2D eigenvalue weighted by Gasteiger charge is 2.38. The highest BCUT2D eigenvalue weighted by molar-refractivity contribution is 5.94. The van der Waals surface area contributed by atoms with Crippen LogP contribution in [0.5, 0.6) is 0 Å². The number of hydrogen-bond donors (Lipinski definition) is 2. The molecule has 2 heterocycles. The zero-order valence-corrected chi connectivity index (χ0v) is 13.9. The number of aryl methyl sites for hydroxylation is 1. The maximum Gasteiger partial charge on any atom is 0.274 e. The largest absolute Gasteiger partial charge is 0.388 e. The normalized spacial score (nSPS) is 30.8. The number of fused-ring (bicyclic) bond motifs is 1. The van der Waals surface area contributed by atoms with Crippen LogP contribution in [0.15, 0.2) is 0 Å². The van der Waals surface area contributed by atoms with Gasteiger partial charge in [0.25, 0.3) is 5.91 Å². The molecular formula is C16H25N3O4. The zero-order chi connectivity index (χ0) is 16.6. The SMILES string of the molecule is CO[C@@H]1COC[C@@H](N(C)C(=O)c2n[nH]c3c2C[C@H](C)CC3)[C@@H]1O. The Morgan fingerprint density at radius 1 is 1.48 bits per heavy atom. The molecule has 23 heavy (non-hydrogen) atoms. The smallest absolute Gasteiger partial charge is 0.274 e. The maximum atomic E-state index is 12.9. The van der Waals surface area contributed by atoms with Crippen LogP contribution in [0.1, 0.15) is 35.1 Å². The first-order valence-corrected chi connectivity index (χ1v) is 8.14. The van der Waals surface area contributed by atoms with Crippen molar-refractivity contribution in [3.05, 3.63) is 17.0 Å². The van der Waals surface area contributed by atoms with Crippen LogP contribution in [0.2, 0.25) is 0 Å². The molecule has 1 aromatic rings. The molecule has 0 saturated carbocycles. The fourth-order valence-corrected chi connectivity index (χ4v) is 3.46. The van der Waals surface area contributed by atoms with Gasteiger partial charge >= 0.3 is 0 Å². The first-order valence-electron chi connectivity index (χ1n) is 8.14. The van der Waals surface area contributed by atoms with Gasteiger partial charge in [0.15, 0.2) is 5.69 Å². The monoisotopic (exact) mass is 323 g/mol. The van der Waals surface area contributed by atoms with Gasteiger partial charge in [0, 0.05) is 25.4 Å². The summed E-state index contributed by atoms with van der Waals surface area (Å²) in [6.07, 6.45) is 1.73. The summed E-state index contributed by atoms with van der Waals surface area (Å²) in [7, 11) is 3.22. The average Bonchev–Trinajstić information content (AvgIpc) is 2.96. The number of nitrogens with zero attached hydrogens (tertiary/aromatic N) is 2. The van der Waals surface area contributed by atoms with E-state index < -0.39 is 18.2 Å². The Morgan fingerprint density at radius 3 is 3.00 bits per heavy atom. The van der Waals surface area contributed by atoms with Crippen LogP contribution in [0.25, 0.3) is 0 Å². The molecule has 1 aliphatic carbocycles. The van der Waals surface area contributed by atoms with Crippen molar-refractivity contribution in [3.8, 4) is 0 Å². The molecule has 2 aliphatic rings. The molecule has 0 radical (unpaired) electrons. The molecule has 0 bridgehead atoms. The zero-order valence-electron chi connectivity index (χ0n) is 13.9. The highest BCUT2D eigenvalue weighted by atomic mass is 16.5. The van der Waals surface area contributed by atoms with Gasteiger partial charge in [-0.25, -0.2) is 0 Å². The van der Waals surface area contributed by atoms with E-state index >= 15 is 0 Å². The molecule has 3 rings (SSSR count). The molecule has 7 heteroatoms. The second-order valence-electron chi connectivity index (χ2n) is 6.66. The van der Waals surface area contributed by atoms with Gasteiger partial charge in [-0.15, -0.1) is 0 Å². The first-order chi connectivity index (χ1) is 11.0. The van der Waals surface area contributed by atoms with E-state index in [1.807, 2.05) is 0 Å². The number of likely N-dealkylation sites (N-methyl/N-ethyl adjacent to an activating group) is 1. The number of nitrogens with one attached hydrogen (secondary N) is 1. The van der Waals surface area contributed by atoms with E-state index in [-0.39, 0.29) is 5.91 Å². The van der Waals surface area contributed by atoms with Crippen LogP contribution in [0.3, 0.4) is 0 Å². The summed E-state index contributed by atoms with van der Waals surface area (Å²) in [5.41, 5.74) is 2.56. The van der Waals surface area contributed by atoms with Crippen molar-refractivity contribution in [3.63, 3.8) is 0 Å². The molecule has 1 aromatic heterocycles. The van der Waals surface area contributed by atoms with Crippen molar-refractivity contribution >= 4 is 5.91 Å². The van der Waals surface area contributed by atoms with Gasteiger partial charge in [-0.1, -0.05) is 6.92 Å². The lowest BCUT2D eigenvalue weighted by atomic mass is 9.87. The number of methoxy groups -OCH3 is 1. The highest BCUT2D eigenvalue weighted by Crippen LogP contribution is 2.27. The van der Waals surface area contributed by atoms with E-state index in [4.69, 9.17) is 9.47 Å². The Morgan fingerprint density at radius 2 is 2.26 bits per heavy atom. The predicted molar refractivity (Wildman–Crippen MR) is 83.3 cm³/mol. The van der Waals surface area contributed by atoms with E-state index in [9.17, 15) is 9.90 Å². The van der Waals surface area contributed by atoms with Gasteiger partial charge in [0.2, 0.25) is 0 Å². The van der Waals surface area contributed by atoms with Crippen molar-refractivity contribution in [1.82, 2.24) is 15.1 Å². The molecule has 1 fully saturated rings. The van der Waals surface area contributed by atoms with Crippen molar-refractivity contribution in [2.45, 2.75) is 44.4 Å². The van der Waals surface area contributed by atoms with Gasteiger partial charge < -0.3 is 19.5 Å². The Balaban J connectivity index is 1.79.